The fraction of sp³-hybridized carbons (Fsp3) is 0.0500. The Morgan fingerprint density at radius 1 is 1.04 bits per heavy atom. The Bertz CT molecular complexity index is 1100. The first kappa shape index (κ1) is 18.3. The van der Waals surface area contributed by atoms with Crippen molar-refractivity contribution in [1.29, 1.82) is 0 Å². The Hall–Kier alpha value is -3.09. The molecule has 28 heavy (non-hydrogen) atoms. The normalized spacial score (nSPS) is 10.8. The van der Waals surface area contributed by atoms with E-state index in [2.05, 4.69) is 15.6 Å². The van der Waals surface area contributed by atoms with Crippen molar-refractivity contribution in [3.8, 4) is 11.3 Å². The fourth-order valence-electron chi connectivity index (χ4n) is 2.66. The maximum Gasteiger partial charge on any atom is 0.279 e. The summed E-state index contributed by atoms with van der Waals surface area (Å²) in [5, 5.41) is 12.0. The molecule has 0 aliphatic carbocycles. The Kier molecular flexibility index (Phi) is 5.14. The minimum atomic E-state index is -0.410. The van der Waals surface area contributed by atoms with Crippen LogP contribution in [0.1, 0.15) is 16.1 Å². The first-order valence-electron chi connectivity index (χ1n) is 8.40. The molecular weight excluding hydrogens is 399 g/mol. The molecule has 2 aromatic heterocycles. The zero-order chi connectivity index (χ0) is 19.5. The van der Waals surface area contributed by atoms with Crippen molar-refractivity contribution in [2.24, 2.45) is 0 Å². The van der Waals surface area contributed by atoms with Gasteiger partial charge in [0, 0.05) is 39.5 Å². The smallest absolute Gasteiger partial charge is 0.279 e. The third kappa shape index (κ3) is 3.93. The predicted octanol–water partition coefficient (Wildman–Crippen LogP) is 5.15. The molecule has 1 N–H and O–H groups in total. The highest BCUT2D eigenvalue weighted by Crippen LogP contribution is 2.25. The quantitative estimate of drug-likeness (QED) is 0.492. The summed E-state index contributed by atoms with van der Waals surface area (Å²) in [6, 6.07) is 18.0. The first-order chi connectivity index (χ1) is 13.6. The maximum absolute atomic E-state index is 12.4. The SMILES string of the molecule is O=C(Nc1ccn(Cc2c(Cl)cccc2Cl)n1)c1cc(-c2ccccc2)on1. The van der Waals surface area contributed by atoms with Crippen LogP contribution in [-0.2, 0) is 6.54 Å². The van der Waals surface area contributed by atoms with Crippen LogP contribution in [0, 0.1) is 0 Å². The highest BCUT2D eigenvalue weighted by atomic mass is 35.5. The van der Waals surface area contributed by atoms with Gasteiger partial charge in [0.25, 0.3) is 5.91 Å². The lowest BCUT2D eigenvalue weighted by Gasteiger charge is -2.06. The Labute approximate surface area is 170 Å². The number of carbonyl (C=O) groups is 1. The molecule has 4 aromatic rings. The molecule has 1 amide bonds. The van der Waals surface area contributed by atoms with Crippen molar-refractivity contribution >= 4 is 34.9 Å². The van der Waals surface area contributed by atoms with E-state index in [1.54, 1.807) is 41.2 Å². The average molecular weight is 413 g/mol. The van der Waals surface area contributed by atoms with Gasteiger partial charge in [-0.15, -0.1) is 0 Å². The fourth-order valence-corrected chi connectivity index (χ4v) is 3.18. The van der Waals surface area contributed by atoms with Crippen LogP contribution in [0.2, 0.25) is 10.0 Å². The van der Waals surface area contributed by atoms with E-state index >= 15 is 0 Å². The van der Waals surface area contributed by atoms with E-state index in [0.29, 0.717) is 28.2 Å². The highest BCUT2D eigenvalue weighted by Gasteiger charge is 2.15. The van der Waals surface area contributed by atoms with Crippen LogP contribution >= 0.6 is 23.2 Å². The summed E-state index contributed by atoms with van der Waals surface area (Å²) in [7, 11) is 0. The molecule has 2 heterocycles. The molecule has 140 valence electrons. The van der Waals surface area contributed by atoms with Crippen molar-refractivity contribution < 1.29 is 9.32 Å². The van der Waals surface area contributed by atoms with Gasteiger partial charge in [-0.2, -0.15) is 5.10 Å². The zero-order valence-corrected chi connectivity index (χ0v) is 16.0. The van der Waals surface area contributed by atoms with Crippen LogP contribution in [0.5, 0.6) is 0 Å². The lowest BCUT2D eigenvalue weighted by molar-refractivity contribution is 0.101. The zero-order valence-electron chi connectivity index (χ0n) is 14.5. The number of halogens is 2. The summed E-state index contributed by atoms with van der Waals surface area (Å²) >= 11 is 12.4. The second kappa shape index (κ2) is 7.88. The highest BCUT2D eigenvalue weighted by molar-refractivity contribution is 6.35. The van der Waals surface area contributed by atoms with Gasteiger partial charge in [0.1, 0.15) is 0 Å². The molecular formula is C20H14Cl2N4O2. The third-order valence-electron chi connectivity index (χ3n) is 4.07. The molecule has 0 saturated carbocycles. The molecule has 0 bridgehead atoms. The standard InChI is InChI=1S/C20H14Cl2N4O2/c21-15-7-4-8-16(22)14(15)12-26-10-9-19(24-26)23-20(27)17-11-18(28-25-17)13-5-2-1-3-6-13/h1-11H,12H2,(H,23,24,27). The van der Waals surface area contributed by atoms with Crippen LogP contribution in [0.4, 0.5) is 5.82 Å². The second-order valence-corrected chi connectivity index (χ2v) is 6.81. The van der Waals surface area contributed by atoms with E-state index in [1.165, 1.54) is 0 Å². The number of benzene rings is 2. The molecule has 0 spiro atoms. The summed E-state index contributed by atoms with van der Waals surface area (Å²) < 4.78 is 6.89. The molecule has 0 unspecified atom stereocenters. The number of carbonyl (C=O) groups excluding carboxylic acids is 1. The van der Waals surface area contributed by atoms with Gasteiger partial charge in [-0.3, -0.25) is 9.48 Å². The van der Waals surface area contributed by atoms with Gasteiger partial charge in [0.05, 0.1) is 6.54 Å². The van der Waals surface area contributed by atoms with Crippen molar-refractivity contribution in [2.45, 2.75) is 6.54 Å². The predicted molar refractivity (Wildman–Crippen MR) is 108 cm³/mol. The molecule has 0 aliphatic rings. The summed E-state index contributed by atoms with van der Waals surface area (Å²) in [4.78, 5) is 12.4. The molecule has 0 atom stereocenters. The van der Waals surface area contributed by atoms with Crippen molar-refractivity contribution in [3.63, 3.8) is 0 Å². The minimum Gasteiger partial charge on any atom is -0.355 e. The van der Waals surface area contributed by atoms with Gasteiger partial charge >= 0.3 is 0 Å². The second-order valence-electron chi connectivity index (χ2n) is 6.00. The lowest BCUT2D eigenvalue weighted by Crippen LogP contribution is -2.13. The van der Waals surface area contributed by atoms with Gasteiger partial charge in [0.15, 0.2) is 17.3 Å². The topological polar surface area (TPSA) is 73.0 Å². The number of rotatable bonds is 5. The summed E-state index contributed by atoms with van der Waals surface area (Å²) in [6.45, 7) is 0.385. The number of hydrogen-bond donors (Lipinski definition) is 1. The molecule has 6 nitrogen and oxygen atoms in total. The Morgan fingerprint density at radius 3 is 2.54 bits per heavy atom. The van der Waals surface area contributed by atoms with E-state index in [-0.39, 0.29) is 5.69 Å². The number of amides is 1. The van der Waals surface area contributed by atoms with E-state index < -0.39 is 5.91 Å². The number of nitrogens with one attached hydrogen (secondary N) is 1. The van der Waals surface area contributed by atoms with Crippen molar-refractivity contribution in [3.05, 3.63) is 88.2 Å². The average Bonchev–Trinajstić information content (AvgIpc) is 3.35. The number of hydrogen-bond acceptors (Lipinski definition) is 4. The minimum absolute atomic E-state index is 0.169. The van der Waals surface area contributed by atoms with Crippen molar-refractivity contribution in [1.82, 2.24) is 14.9 Å². The van der Waals surface area contributed by atoms with Crippen LogP contribution in [0.15, 0.2) is 71.4 Å². The van der Waals surface area contributed by atoms with Crippen LogP contribution < -0.4 is 5.32 Å². The largest absolute Gasteiger partial charge is 0.355 e. The maximum atomic E-state index is 12.4. The van der Waals surface area contributed by atoms with Crippen LogP contribution in [-0.4, -0.2) is 20.8 Å². The molecule has 0 radical (unpaired) electrons. The van der Waals surface area contributed by atoms with Gasteiger partial charge in [-0.25, -0.2) is 0 Å². The number of anilines is 1. The van der Waals surface area contributed by atoms with Gasteiger partial charge in [-0.1, -0.05) is 64.8 Å². The van der Waals surface area contributed by atoms with E-state index in [0.717, 1.165) is 11.1 Å². The summed E-state index contributed by atoms with van der Waals surface area (Å²) in [5.74, 6) is 0.494. The van der Waals surface area contributed by atoms with Crippen LogP contribution in [0.3, 0.4) is 0 Å². The molecule has 0 saturated heterocycles. The van der Waals surface area contributed by atoms with E-state index in [1.807, 2.05) is 30.3 Å². The summed E-state index contributed by atoms with van der Waals surface area (Å²) in [5.41, 5.74) is 1.77. The Morgan fingerprint density at radius 2 is 1.79 bits per heavy atom. The first-order valence-corrected chi connectivity index (χ1v) is 9.15. The van der Waals surface area contributed by atoms with Crippen LogP contribution in [0.25, 0.3) is 11.3 Å². The molecule has 0 fully saturated rings. The van der Waals surface area contributed by atoms with Gasteiger partial charge in [0.2, 0.25) is 0 Å². The van der Waals surface area contributed by atoms with Gasteiger partial charge in [-0.05, 0) is 12.1 Å². The van der Waals surface area contributed by atoms with Gasteiger partial charge < -0.3 is 9.84 Å². The molecule has 4 rings (SSSR count). The third-order valence-corrected chi connectivity index (χ3v) is 4.77. The lowest BCUT2D eigenvalue weighted by atomic mass is 10.1. The Balaban J connectivity index is 1.45. The number of aromatic nitrogens is 3. The molecule has 8 heteroatoms. The van der Waals surface area contributed by atoms with E-state index in [4.69, 9.17) is 27.7 Å². The van der Waals surface area contributed by atoms with Crippen molar-refractivity contribution in [2.75, 3.05) is 5.32 Å². The number of nitrogens with zero attached hydrogens (tertiary/aromatic N) is 3. The molecule has 0 aliphatic heterocycles. The van der Waals surface area contributed by atoms with E-state index in [9.17, 15) is 4.79 Å². The molecule has 2 aromatic carbocycles. The summed E-state index contributed by atoms with van der Waals surface area (Å²) in [6.07, 6.45) is 1.73. The monoisotopic (exact) mass is 412 g/mol.